The zero-order valence-corrected chi connectivity index (χ0v) is 12.2. The van der Waals surface area contributed by atoms with Crippen LogP contribution in [0.4, 0.5) is 17.1 Å². The second-order valence-corrected chi connectivity index (χ2v) is 6.27. The maximum absolute atomic E-state index is 12.3. The van der Waals surface area contributed by atoms with E-state index in [9.17, 15) is 8.42 Å². The smallest absolute Gasteiger partial charge is 0.261 e. The van der Waals surface area contributed by atoms with Crippen molar-refractivity contribution in [3.05, 3.63) is 48.5 Å². The third-order valence-corrected chi connectivity index (χ3v) is 4.18. The minimum Gasteiger partial charge on any atom is -0.399 e. The van der Waals surface area contributed by atoms with E-state index in [1.54, 1.807) is 53.4 Å². The Hall–Kier alpha value is -2.21. The molecule has 3 N–H and O–H groups in total. The van der Waals surface area contributed by atoms with Gasteiger partial charge in [0, 0.05) is 19.8 Å². The van der Waals surface area contributed by atoms with E-state index in [-0.39, 0.29) is 4.90 Å². The summed E-state index contributed by atoms with van der Waals surface area (Å²) in [5, 5.41) is 0. The van der Waals surface area contributed by atoms with E-state index in [1.165, 1.54) is 0 Å². The monoisotopic (exact) mass is 291 g/mol. The molecule has 6 heteroatoms. The molecule has 0 radical (unpaired) electrons. The van der Waals surface area contributed by atoms with Crippen LogP contribution < -0.4 is 15.4 Å². The Morgan fingerprint density at radius 2 is 1.70 bits per heavy atom. The summed E-state index contributed by atoms with van der Waals surface area (Å²) in [7, 11) is 0.0572. The number of benzene rings is 2. The van der Waals surface area contributed by atoms with Gasteiger partial charge in [0.2, 0.25) is 0 Å². The molecule has 0 bridgehead atoms. The number of nitrogens with zero attached hydrogens (tertiary/aromatic N) is 1. The van der Waals surface area contributed by atoms with Crippen molar-refractivity contribution in [2.75, 3.05) is 29.5 Å². The topological polar surface area (TPSA) is 75.4 Å². The summed E-state index contributed by atoms with van der Waals surface area (Å²) in [4.78, 5) is 2.03. The molecule has 2 rings (SSSR count). The number of nitrogen functional groups attached to an aromatic ring is 1. The molecule has 0 saturated carbocycles. The maximum Gasteiger partial charge on any atom is 0.261 e. The number of anilines is 3. The van der Waals surface area contributed by atoms with Crippen molar-refractivity contribution in [3.63, 3.8) is 0 Å². The van der Waals surface area contributed by atoms with Crippen LogP contribution in [0.2, 0.25) is 0 Å². The molecule has 0 saturated heterocycles. The first-order valence-electron chi connectivity index (χ1n) is 6.05. The lowest BCUT2D eigenvalue weighted by Crippen LogP contribution is -2.17. The van der Waals surface area contributed by atoms with Gasteiger partial charge in [-0.3, -0.25) is 4.72 Å². The Morgan fingerprint density at radius 3 is 2.30 bits per heavy atom. The zero-order chi connectivity index (χ0) is 14.8. The summed E-state index contributed by atoms with van der Waals surface area (Å²) < 4.78 is 27.2. The standard InChI is InChI=1S/C14H17N3O2S/c1-17(2)14-10-11(15)8-9-13(14)16-20(18,19)12-6-4-3-5-7-12/h3-10,16H,15H2,1-2H3. The predicted molar refractivity (Wildman–Crippen MR) is 82.4 cm³/mol. The number of hydrogen-bond acceptors (Lipinski definition) is 4. The number of hydrogen-bond donors (Lipinski definition) is 2. The van der Waals surface area contributed by atoms with Gasteiger partial charge in [-0.15, -0.1) is 0 Å². The summed E-state index contributed by atoms with van der Waals surface area (Å²) in [6, 6.07) is 13.3. The molecule has 0 atom stereocenters. The van der Waals surface area contributed by atoms with Crippen LogP contribution >= 0.6 is 0 Å². The summed E-state index contributed by atoms with van der Waals surface area (Å²) in [5.41, 5.74) is 7.52. The van der Waals surface area contributed by atoms with Crippen molar-refractivity contribution in [3.8, 4) is 0 Å². The van der Waals surface area contributed by atoms with E-state index < -0.39 is 10.0 Å². The molecule has 2 aromatic carbocycles. The molecule has 106 valence electrons. The summed E-state index contributed by atoms with van der Waals surface area (Å²) in [6.07, 6.45) is 0. The van der Waals surface area contributed by atoms with Crippen LogP contribution in [0.3, 0.4) is 0 Å². The van der Waals surface area contributed by atoms with E-state index in [0.717, 1.165) is 0 Å². The maximum atomic E-state index is 12.3. The van der Waals surface area contributed by atoms with E-state index in [2.05, 4.69) is 4.72 Å². The molecule has 0 fully saturated rings. The van der Waals surface area contributed by atoms with Crippen molar-refractivity contribution >= 4 is 27.1 Å². The van der Waals surface area contributed by atoms with Crippen LogP contribution in [0, 0.1) is 0 Å². The fourth-order valence-electron chi connectivity index (χ4n) is 1.81. The van der Waals surface area contributed by atoms with Crippen LogP contribution in [-0.2, 0) is 10.0 Å². The third-order valence-electron chi connectivity index (χ3n) is 2.80. The lowest BCUT2D eigenvalue weighted by molar-refractivity contribution is 0.601. The van der Waals surface area contributed by atoms with Crippen LogP contribution in [0.5, 0.6) is 0 Å². The van der Waals surface area contributed by atoms with Gasteiger partial charge < -0.3 is 10.6 Å². The van der Waals surface area contributed by atoms with Gasteiger partial charge >= 0.3 is 0 Å². The molecule has 20 heavy (non-hydrogen) atoms. The quantitative estimate of drug-likeness (QED) is 0.846. The van der Waals surface area contributed by atoms with E-state index >= 15 is 0 Å². The molecule has 0 spiro atoms. The van der Waals surface area contributed by atoms with Gasteiger partial charge in [0.1, 0.15) is 0 Å². The van der Waals surface area contributed by atoms with Gasteiger partial charge in [0.25, 0.3) is 10.0 Å². The molecule has 2 aromatic rings. The van der Waals surface area contributed by atoms with Crippen LogP contribution in [0.15, 0.2) is 53.4 Å². The largest absolute Gasteiger partial charge is 0.399 e. The zero-order valence-electron chi connectivity index (χ0n) is 11.4. The molecular formula is C14H17N3O2S. The first-order valence-corrected chi connectivity index (χ1v) is 7.53. The summed E-state index contributed by atoms with van der Waals surface area (Å²) in [5.74, 6) is 0. The van der Waals surface area contributed by atoms with Crippen molar-refractivity contribution < 1.29 is 8.42 Å². The molecule has 0 aliphatic rings. The Morgan fingerprint density at radius 1 is 1.05 bits per heavy atom. The molecule has 0 aliphatic heterocycles. The molecule has 0 aromatic heterocycles. The van der Waals surface area contributed by atoms with E-state index in [4.69, 9.17) is 5.73 Å². The number of nitrogens with one attached hydrogen (secondary N) is 1. The van der Waals surface area contributed by atoms with Gasteiger partial charge in [-0.1, -0.05) is 18.2 Å². The Kier molecular flexibility index (Phi) is 3.85. The van der Waals surface area contributed by atoms with Crippen molar-refractivity contribution in [2.24, 2.45) is 0 Å². The van der Waals surface area contributed by atoms with Crippen molar-refractivity contribution in [1.82, 2.24) is 0 Å². The SMILES string of the molecule is CN(C)c1cc(N)ccc1NS(=O)(=O)c1ccccc1. The fraction of sp³-hybridized carbons (Fsp3) is 0.143. The lowest BCUT2D eigenvalue weighted by atomic mass is 10.2. The first kappa shape index (κ1) is 14.2. The predicted octanol–water partition coefficient (Wildman–Crippen LogP) is 2.14. The van der Waals surface area contributed by atoms with Gasteiger partial charge in [0.05, 0.1) is 16.3 Å². The Balaban J connectivity index is 2.40. The van der Waals surface area contributed by atoms with Crippen molar-refractivity contribution in [2.45, 2.75) is 4.90 Å². The second-order valence-electron chi connectivity index (χ2n) is 4.59. The summed E-state index contributed by atoms with van der Waals surface area (Å²) >= 11 is 0. The molecule has 0 heterocycles. The lowest BCUT2D eigenvalue weighted by Gasteiger charge is -2.19. The molecule has 0 unspecified atom stereocenters. The van der Waals surface area contributed by atoms with Crippen LogP contribution in [0.25, 0.3) is 0 Å². The highest BCUT2D eigenvalue weighted by Gasteiger charge is 2.16. The van der Waals surface area contributed by atoms with Gasteiger partial charge in [-0.25, -0.2) is 8.42 Å². The average Bonchev–Trinajstić information content (AvgIpc) is 2.41. The normalized spacial score (nSPS) is 11.1. The minimum atomic E-state index is -3.60. The fourth-order valence-corrected chi connectivity index (χ4v) is 2.90. The highest BCUT2D eigenvalue weighted by Crippen LogP contribution is 2.28. The highest BCUT2D eigenvalue weighted by molar-refractivity contribution is 7.92. The average molecular weight is 291 g/mol. The van der Waals surface area contributed by atoms with E-state index in [0.29, 0.717) is 17.1 Å². The van der Waals surface area contributed by atoms with Gasteiger partial charge in [0.15, 0.2) is 0 Å². The van der Waals surface area contributed by atoms with Crippen LogP contribution in [0.1, 0.15) is 0 Å². The number of sulfonamides is 1. The Labute approximate surface area is 119 Å². The molecule has 5 nitrogen and oxygen atoms in total. The molecule has 0 aliphatic carbocycles. The van der Waals surface area contributed by atoms with Crippen LogP contribution in [-0.4, -0.2) is 22.5 Å². The highest BCUT2D eigenvalue weighted by atomic mass is 32.2. The number of rotatable bonds is 4. The van der Waals surface area contributed by atoms with Gasteiger partial charge in [-0.05, 0) is 30.3 Å². The third kappa shape index (κ3) is 3.03. The van der Waals surface area contributed by atoms with Gasteiger partial charge in [-0.2, -0.15) is 0 Å². The minimum absolute atomic E-state index is 0.224. The van der Waals surface area contributed by atoms with Crippen molar-refractivity contribution in [1.29, 1.82) is 0 Å². The molecular weight excluding hydrogens is 274 g/mol. The number of nitrogens with two attached hydrogens (primary N) is 1. The summed E-state index contributed by atoms with van der Waals surface area (Å²) in [6.45, 7) is 0. The Bertz CT molecular complexity index is 698. The molecule has 0 amide bonds. The second kappa shape index (κ2) is 5.42. The first-order chi connectivity index (χ1) is 9.40. The van der Waals surface area contributed by atoms with E-state index in [1.807, 2.05) is 14.1 Å².